The van der Waals surface area contributed by atoms with Crippen LogP contribution < -0.4 is 11.1 Å². The fourth-order valence-electron chi connectivity index (χ4n) is 1.28. The van der Waals surface area contributed by atoms with Crippen molar-refractivity contribution in [2.75, 3.05) is 26.0 Å². The number of nitrogen functional groups attached to an aromatic ring is 1. The van der Waals surface area contributed by atoms with Gasteiger partial charge >= 0.3 is 0 Å². The number of anilines is 1. The lowest BCUT2D eigenvalue weighted by Gasteiger charge is -2.13. The minimum Gasteiger partial charge on any atom is -0.399 e. The van der Waals surface area contributed by atoms with Gasteiger partial charge in [-0.3, -0.25) is 4.79 Å². The number of ether oxygens (including phenoxy) is 1. The summed E-state index contributed by atoms with van der Waals surface area (Å²) in [7, 11) is 1.61. The third kappa shape index (κ3) is 4.88. The number of thioether (sulfide) groups is 1. The van der Waals surface area contributed by atoms with Crippen LogP contribution in [0, 0.1) is 0 Å². The lowest BCUT2D eigenvalue weighted by molar-refractivity contribution is -0.120. The van der Waals surface area contributed by atoms with Crippen molar-refractivity contribution in [1.82, 2.24) is 5.32 Å². The molecular weight excluding hydrogens is 316 g/mol. The Kier molecular flexibility index (Phi) is 6.52. The molecule has 0 aliphatic rings. The maximum Gasteiger partial charge on any atom is 0.233 e. The molecule has 3 N–H and O–H groups in total. The number of hydrogen-bond donors (Lipinski definition) is 2. The van der Waals surface area contributed by atoms with Crippen LogP contribution in [0.15, 0.2) is 27.6 Å². The topological polar surface area (TPSA) is 64.3 Å². The van der Waals surface area contributed by atoms with Gasteiger partial charge in [-0.2, -0.15) is 0 Å². The van der Waals surface area contributed by atoms with Crippen LogP contribution in [0.5, 0.6) is 0 Å². The van der Waals surface area contributed by atoms with Gasteiger partial charge in [0.2, 0.25) is 5.91 Å². The first kappa shape index (κ1) is 15.3. The molecule has 1 aromatic rings. The van der Waals surface area contributed by atoms with Crippen LogP contribution in [0.1, 0.15) is 6.92 Å². The van der Waals surface area contributed by atoms with Gasteiger partial charge < -0.3 is 15.8 Å². The van der Waals surface area contributed by atoms with Crippen molar-refractivity contribution in [1.29, 1.82) is 0 Å². The van der Waals surface area contributed by atoms with E-state index >= 15 is 0 Å². The Morgan fingerprint density at radius 1 is 1.61 bits per heavy atom. The van der Waals surface area contributed by atoms with Crippen molar-refractivity contribution >= 4 is 39.3 Å². The number of carbonyl (C=O) groups excluding carboxylic acids is 1. The molecule has 1 amide bonds. The van der Waals surface area contributed by atoms with Gasteiger partial charge in [-0.15, -0.1) is 11.8 Å². The first-order chi connectivity index (χ1) is 8.54. The van der Waals surface area contributed by atoms with Crippen molar-refractivity contribution in [3.05, 3.63) is 22.7 Å². The number of nitrogens with one attached hydrogen (secondary N) is 1. The zero-order valence-corrected chi connectivity index (χ0v) is 12.8. The number of nitrogens with two attached hydrogens (primary N) is 1. The number of amides is 1. The van der Waals surface area contributed by atoms with E-state index in [1.165, 1.54) is 11.8 Å². The molecule has 1 atom stereocenters. The van der Waals surface area contributed by atoms with Crippen LogP contribution in [-0.2, 0) is 9.53 Å². The Labute approximate surface area is 120 Å². The molecule has 0 aliphatic carbocycles. The molecule has 0 bridgehead atoms. The van der Waals surface area contributed by atoms with Crippen molar-refractivity contribution in [3.8, 4) is 0 Å². The highest BCUT2D eigenvalue weighted by molar-refractivity contribution is 9.10. The number of methoxy groups -OCH3 is 1. The highest BCUT2D eigenvalue weighted by Gasteiger charge is 2.15. The molecule has 1 rings (SSSR count). The van der Waals surface area contributed by atoms with Gasteiger partial charge in [0, 0.05) is 28.7 Å². The molecule has 1 unspecified atom stereocenters. The standard InChI is InChI=1S/C12H17BrN2O2S/c1-8(12(16)15-5-6-17-2)18-11-4-3-9(14)7-10(11)13/h3-4,7-8H,5-6,14H2,1-2H3,(H,15,16). The summed E-state index contributed by atoms with van der Waals surface area (Å²) in [5.74, 6) is 0.000718. The maximum atomic E-state index is 11.8. The molecule has 0 fully saturated rings. The molecule has 4 nitrogen and oxygen atoms in total. The van der Waals surface area contributed by atoms with Crippen molar-refractivity contribution < 1.29 is 9.53 Å². The monoisotopic (exact) mass is 332 g/mol. The van der Waals surface area contributed by atoms with E-state index in [2.05, 4.69) is 21.2 Å². The summed E-state index contributed by atoms with van der Waals surface area (Å²) in [6, 6.07) is 5.56. The van der Waals surface area contributed by atoms with Crippen LogP contribution in [0.25, 0.3) is 0 Å². The Hall–Kier alpha value is -0.720. The fourth-order valence-corrected chi connectivity index (χ4v) is 2.84. The molecule has 0 saturated carbocycles. The van der Waals surface area contributed by atoms with E-state index in [0.29, 0.717) is 18.8 Å². The number of rotatable bonds is 6. The minimum atomic E-state index is -0.165. The summed E-state index contributed by atoms with van der Waals surface area (Å²) >= 11 is 4.93. The molecule has 6 heteroatoms. The van der Waals surface area contributed by atoms with E-state index in [9.17, 15) is 4.79 Å². The average Bonchev–Trinajstić information content (AvgIpc) is 2.32. The number of benzene rings is 1. The summed E-state index contributed by atoms with van der Waals surface area (Å²) in [5, 5.41) is 2.64. The molecule has 18 heavy (non-hydrogen) atoms. The van der Waals surface area contributed by atoms with Crippen LogP contribution in [0.2, 0.25) is 0 Å². The second-order valence-corrected chi connectivity index (χ2v) is 5.97. The lowest BCUT2D eigenvalue weighted by Crippen LogP contribution is -2.33. The molecule has 1 aromatic carbocycles. The number of halogens is 1. The Bertz CT molecular complexity index is 415. The largest absolute Gasteiger partial charge is 0.399 e. The van der Waals surface area contributed by atoms with Crippen LogP contribution in [0.3, 0.4) is 0 Å². The second kappa shape index (κ2) is 7.66. The molecular formula is C12H17BrN2O2S. The number of hydrogen-bond acceptors (Lipinski definition) is 4. The molecule has 100 valence electrons. The Morgan fingerprint density at radius 2 is 2.33 bits per heavy atom. The van der Waals surface area contributed by atoms with Crippen LogP contribution >= 0.6 is 27.7 Å². The number of carbonyl (C=O) groups is 1. The van der Waals surface area contributed by atoms with E-state index in [1.54, 1.807) is 7.11 Å². The summed E-state index contributed by atoms with van der Waals surface area (Å²) in [4.78, 5) is 12.8. The third-order valence-corrected chi connectivity index (χ3v) is 4.33. The third-order valence-electron chi connectivity index (χ3n) is 2.23. The van der Waals surface area contributed by atoms with Gasteiger partial charge in [0.1, 0.15) is 0 Å². The predicted molar refractivity (Wildman–Crippen MR) is 78.8 cm³/mol. The molecule has 0 saturated heterocycles. The summed E-state index contributed by atoms with van der Waals surface area (Å²) < 4.78 is 5.79. The molecule has 0 radical (unpaired) electrons. The van der Waals surface area contributed by atoms with Crippen molar-refractivity contribution in [2.45, 2.75) is 17.1 Å². The Morgan fingerprint density at radius 3 is 2.94 bits per heavy atom. The van der Waals surface area contributed by atoms with Crippen molar-refractivity contribution in [2.24, 2.45) is 0 Å². The van der Waals surface area contributed by atoms with Crippen LogP contribution in [0.4, 0.5) is 5.69 Å². The van der Waals surface area contributed by atoms with E-state index in [0.717, 1.165) is 9.37 Å². The summed E-state index contributed by atoms with van der Waals surface area (Å²) in [6.45, 7) is 2.92. The summed E-state index contributed by atoms with van der Waals surface area (Å²) in [5.41, 5.74) is 6.36. The Balaban J connectivity index is 2.53. The van der Waals surface area contributed by atoms with Gasteiger partial charge in [0.05, 0.1) is 11.9 Å². The average molecular weight is 333 g/mol. The zero-order valence-electron chi connectivity index (χ0n) is 10.4. The van der Waals surface area contributed by atoms with E-state index < -0.39 is 0 Å². The van der Waals surface area contributed by atoms with Crippen LogP contribution in [-0.4, -0.2) is 31.4 Å². The SMILES string of the molecule is COCCNC(=O)C(C)Sc1ccc(N)cc1Br. The second-order valence-electron chi connectivity index (χ2n) is 3.73. The zero-order chi connectivity index (χ0) is 13.5. The molecule has 0 aliphatic heterocycles. The van der Waals surface area contributed by atoms with Crippen molar-refractivity contribution in [3.63, 3.8) is 0 Å². The normalized spacial score (nSPS) is 12.2. The highest BCUT2D eigenvalue weighted by atomic mass is 79.9. The van der Waals surface area contributed by atoms with E-state index in [4.69, 9.17) is 10.5 Å². The quantitative estimate of drug-likeness (QED) is 0.476. The fraction of sp³-hybridized carbons (Fsp3) is 0.417. The maximum absolute atomic E-state index is 11.8. The van der Waals surface area contributed by atoms with Gasteiger partial charge in [0.25, 0.3) is 0 Å². The minimum absolute atomic E-state index is 0.000718. The first-order valence-corrected chi connectivity index (χ1v) is 7.20. The van der Waals surface area contributed by atoms with Gasteiger partial charge in [0.15, 0.2) is 0 Å². The van der Waals surface area contributed by atoms with E-state index in [1.807, 2.05) is 25.1 Å². The van der Waals surface area contributed by atoms with Gasteiger partial charge in [-0.1, -0.05) is 0 Å². The first-order valence-electron chi connectivity index (χ1n) is 5.53. The van der Waals surface area contributed by atoms with E-state index in [-0.39, 0.29) is 11.2 Å². The molecule has 0 aromatic heterocycles. The van der Waals surface area contributed by atoms with Gasteiger partial charge in [-0.05, 0) is 41.1 Å². The lowest BCUT2D eigenvalue weighted by atomic mass is 10.3. The molecule has 0 spiro atoms. The predicted octanol–water partition coefficient (Wildman–Crippen LogP) is 2.27. The summed E-state index contributed by atoms with van der Waals surface area (Å²) in [6.07, 6.45) is 0. The molecule has 0 heterocycles. The smallest absolute Gasteiger partial charge is 0.233 e. The highest BCUT2D eigenvalue weighted by Crippen LogP contribution is 2.31. The van der Waals surface area contributed by atoms with Gasteiger partial charge in [-0.25, -0.2) is 0 Å².